The first-order chi connectivity index (χ1) is 6.91. The summed E-state index contributed by atoms with van der Waals surface area (Å²) in [4.78, 5) is 11.0. The number of aliphatic hydroxyl groups is 2. The molecule has 0 aromatic carbocycles. The topological polar surface area (TPSA) is 88.0 Å². The van der Waals surface area contributed by atoms with Gasteiger partial charge in [-0.15, -0.1) is 0 Å². The molecule has 0 radical (unpaired) electrons. The van der Waals surface area contributed by atoms with Crippen LogP contribution in [0.2, 0.25) is 0 Å². The zero-order chi connectivity index (χ0) is 11.2. The summed E-state index contributed by atoms with van der Waals surface area (Å²) in [5, 5.41) is 21.9. The second-order valence-electron chi connectivity index (χ2n) is 4.41. The fourth-order valence-corrected chi connectivity index (χ4v) is 1.92. The lowest BCUT2D eigenvalue weighted by Gasteiger charge is -2.22. The van der Waals surface area contributed by atoms with E-state index >= 15 is 0 Å². The van der Waals surface area contributed by atoms with Crippen molar-refractivity contribution in [2.24, 2.45) is 0 Å². The van der Waals surface area contributed by atoms with Crippen LogP contribution in [0.3, 0.4) is 0 Å². The summed E-state index contributed by atoms with van der Waals surface area (Å²) in [5.41, 5.74) is -0.496. The van der Waals surface area contributed by atoms with E-state index in [0.717, 1.165) is 0 Å². The van der Waals surface area contributed by atoms with Gasteiger partial charge in [0, 0.05) is 0 Å². The predicted octanol–water partition coefficient (Wildman–Crippen LogP) is -1.64. The van der Waals surface area contributed by atoms with Crippen LogP contribution in [0.25, 0.3) is 0 Å². The van der Waals surface area contributed by atoms with Crippen LogP contribution in [-0.4, -0.2) is 52.9 Å². The highest BCUT2D eigenvalue weighted by Crippen LogP contribution is 2.25. The maximum atomic E-state index is 11.0. The zero-order valence-corrected chi connectivity index (χ0v) is 8.64. The van der Waals surface area contributed by atoms with E-state index in [2.05, 4.69) is 5.32 Å². The number of cyclic esters (lactones) is 1. The molecule has 6 heteroatoms. The third-order valence-corrected chi connectivity index (χ3v) is 2.71. The lowest BCUT2D eigenvalue weighted by molar-refractivity contribution is -0.148. The van der Waals surface area contributed by atoms with Crippen molar-refractivity contribution < 1.29 is 24.5 Å². The van der Waals surface area contributed by atoms with E-state index in [4.69, 9.17) is 9.47 Å². The van der Waals surface area contributed by atoms with Crippen LogP contribution in [0.15, 0.2) is 0 Å². The molecule has 2 fully saturated rings. The average molecular weight is 217 g/mol. The molecule has 86 valence electrons. The molecule has 2 rings (SSSR count). The molecule has 3 N–H and O–H groups in total. The first-order valence-corrected chi connectivity index (χ1v) is 4.89. The number of nitrogens with one attached hydrogen (secondary N) is 1. The third kappa shape index (κ3) is 1.85. The Morgan fingerprint density at radius 2 is 2.13 bits per heavy atom. The third-order valence-electron chi connectivity index (χ3n) is 2.71. The Balaban J connectivity index is 2.04. The maximum absolute atomic E-state index is 11.0. The molecule has 6 nitrogen and oxygen atoms in total. The molecule has 15 heavy (non-hydrogen) atoms. The standard InChI is InChI=1S/C9H15NO5/c1-9(2)10-4(3-14-9)7-5(11)6(12)8(13)15-7/h4-7,10-12H,3H2,1-2H3/t4-,5+,6-,7-/m1/s1. The number of carbonyl (C=O) groups is 1. The van der Waals surface area contributed by atoms with Gasteiger partial charge in [0.15, 0.2) is 6.10 Å². The fraction of sp³-hybridized carbons (Fsp3) is 0.889. The van der Waals surface area contributed by atoms with Crippen LogP contribution >= 0.6 is 0 Å². The summed E-state index contributed by atoms with van der Waals surface area (Å²) in [6.07, 6.45) is -3.37. The van der Waals surface area contributed by atoms with E-state index in [9.17, 15) is 15.0 Å². The number of hydrogen-bond donors (Lipinski definition) is 3. The molecule has 0 saturated carbocycles. The van der Waals surface area contributed by atoms with Crippen molar-refractivity contribution in [3.05, 3.63) is 0 Å². The molecule has 2 saturated heterocycles. The number of rotatable bonds is 1. The van der Waals surface area contributed by atoms with Gasteiger partial charge >= 0.3 is 5.97 Å². The summed E-state index contributed by atoms with van der Waals surface area (Å²) in [6.45, 7) is 4.02. The molecule has 0 amide bonds. The molecule has 0 aromatic rings. The highest BCUT2D eigenvalue weighted by Gasteiger charge is 2.49. The van der Waals surface area contributed by atoms with E-state index in [0.29, 0.717) is 6.61 Å². The minimum atomic E-state index is -1.44. The molecule has 0 spiro atoms. The van der Waals surface area contributed by atoms with Crippen molar-refractivity contribution in [1.82, 2.24) is 5.32 Å². The quantitative estimate of drug-likeness (QED) is 0.456. The van der Waals surface area contributed by atoms with Crippen molar-refractivity contribution >= 4 is 5.97 Å². The molecule has 0 bridgehead atoms. The number of ether oxygens (including phenoxy) is 2. The van der Waals surface area contributed by atoms with E-state index < -0.39 is 30.0 Å². The minimum absolute atomic E-state index is 0.281. The monoisotopic (exact) mass is 217 g/mol. The fourth-order valence-electron chi connectivity index (χ4n) is 1.92. The van der Waals surface area contributed by atoms with Gasteiger partial charge < -0.3 is 19.7 Å². The predicted molar refractivity (Wildman–Crippen MR) is 48.8 cm³/mol. The Labute approximate surface area is 87.2 Å². The minimum Gasteiger partial charge on any atom is -0.456 e. The summed E-state index contributed by atoms with van der Waals surface area (Å²) in [5.74, 6) is -0.779. The van der Waals surface area contributed by atoms with Gasteiger partial charge in [-0.1, -0.05) is 0 Å². The number of hydrogen-bond acceptors (Lipinski definition) is 6. The number of aliphatic hydroxyl groups excluding tert-OH is 2. The van der Waals surface area contributed by atoms with Crippen LogP contribution in [-0.2, 0) is 14.3 Å². The van der Waals surface area contributed by atoms with E-state index in [1.165, 1.54) is 0 Å². The summed E-state index contributed by atoms with van der Waals surface area (Å²) >= 11 is 0. The summed E-state index contributed by atoms with van der Waals surface area (Å²) in [7, 11) is 0. The molecule has 4 atom stereocenters. The van der Waals surface area contributed by atoms with Crippen molar-refractivity contribution in [3.8, 4) is 0 Å². The van der Waals surface area contributed by atoms with Gasteiger partial charge in [0.25, 0.3) is 0 Å². The molecule has 2 aliphatic rings. The van der Waals surface area contributed by atoms with Crippen molar-refractivity contribution in [1.29, 1.82) is 0 Å². The van der Waals surface area contributed by atoms with Crippen molar-refractivity contribution in [2.45, 2.75) is 43.9 Å². The number of esters is 1. The molecule has 2 heterocycles. The summed E-state index contributed by atoms with van der Waals surface area (Å²) < 4.78 is 10.3. The highest BCUT2D eigenvalue weighted by molar-refractivity contribution is 5.77. The van der Waals surface area contributed by atoms with Gasteiger partial charge in [-0.05, 0) is 13.8 Å². The maximum Gasteiger partial charge on any atom is 0.338 e. The van der Waals surface area contributed by atoms with E-state index in [-0.39, 0.29) is 6.04 Å². The smallest absolute Gasteiger partial charge is 0.338 e. The second-order valence-corrected chi connectivity index (χ2v) is 4.41. The summed E-state index contributed by atoms with van der Waals surface area (Å²) in [6, 6.07) is -0.281. The molecule has 2 aliphatic heterocycles. The van der Waals surface area contributed by atoms with Gasteiger partial charge in [0.1, 0.15) is 17.9 Å². The Morgan fingerprint density at radius 1 is 1.47 bits per heavy atom. The lowest BCUT2D eigenvalue weighted by Crippen LogP contribution is -2.48. The molecule has 0 aliphatic carbocycles. The van der Waals surface area contributed by atoms with Gasteiger partial charge in [-0.2, -0.15) is 0 Å². The average Bonchev–Trinajstić information content (AvgIpc) is 2.62. The Hall–Kier alpha value is -0.690. The van der Waals surface area contributed by atoms with Crippen LogP contribution in [0.5, 0.6) is 0 Å². The van der Waals surface area contributed by atoms with Crippen LogP contribution in [0.4, 0.5) is 0 Å². The molecular weight excluding hydrogens is 202 g/mol. The van der Waals surface area contributed by atoms with Crippen LogP contribution < -0.4 is 5.32 Å². The molecule has 0 aromatic heterocycles. The Kier molecular flexibility index (Phi) is 2.46. The number of carbonyl (C=O) groups excluding carboxylic acids is 1. The Morgan fingerprint density at radius 3 is 2.53 bits per heavy atom. The van der Waals surface area contributed by atoms with Gasteiger partial charge in [-0.3, -0.25) is 5.32 Å². The van der Waals surface area contributed by atoms with Gasteiger partial charge in [0.2, 0.25) is 0 Å². The normalized spacial score (nSPS) is 44.4. The first kappa shape index (κ1) is 10.8. The lowest BCUT2D eigenvalue weighted by atomic mass is 10.0. The highest BCUT2D eigenvalue weighted by atomic mass is 16.6. The van der Waals surface area contributed by atoms with Crippen molar-refractivity contribution in [2.75, 3.05) is 6.61 Å². The SMILES string of the molecule is CC1(C)N[C@@H]([C@H]2OC(=O)[C@H](O)[C@@H]2O)CO1. The van der Waals surface area contributed by atoms with Crippen LogP contribution in [0, 0.1) is 0 Å². The Bertz CT molecular complexity index is 280. The zero-order valence-electron chi connectivity index (χ0n) is 8.64. The van der Waals surface area contributed by atoms with Gasteiger partial charge in [0.05, 0.1) is 12.6 Å². The first-order valence-electron chi connectivity index (χ1n) is 4.89. The van der Waals surface area contributed by atoms with Crippen LogP contribution in [0.1, 0.15) is 13.8 Å². The molecule has 0 unspecified atom stereocenters. The van der Waals surface area contributed by atoms with E-state index in [1.54, 1.807) is 0 Å². The largest absolute Gasteiger partial charge is 0.456 e. The van der Waals surface area contributed by atoms with Crippen molar-refractivity contribution in [3.63, 3.8) is 0 Å². The second kappa shape index (κ2) is 3.41. The van der Waals surface area contributed by atoms with E-state index in [1.807, 2.05) is 13.8 Å². The molecular formula is C9H15NO5. The van der Waals surface area contributed by atoms with Gasteiger partial charge in [-0.25, -0.2) is 4.79 Å².